The molecule has 1 atom stereocenters. The first-order chi connectivity index (χ1) is 12.8. The first-order valence-electron chi connectivity index (χ1n) is 9.47. The smallest absolute Gasteiger partial charge is 0.273 e. The van der Waals surface area contributed by atoms with Crippen LogP contribution in [0.25, 0.3) is 0 Å². The van der Waals surface area contributed by atoms with Crippen molar-refractivity contribution < 1.29 is 4.79 Å². The molecule has 9 heteroatoms. The van der Waals surface area contributed by atoms with E-state index in [2.05, 4.69) is 50.1 Å². The maximum absolute atomic E-state index is 12.5. The number of likely N-dealkylation sites (tertiary alicyclic amines) is 1. The van der Waals surface area contributed by atoms with E-state index < -0.39 is 0 Å². The van der Waals surface area contributed by atoms with Gasteiger partial charge in [-0.3, -0.25) is 9.69 Å². The molecule has 2 aromatic rings. The zero-order valence-electron chi connectivity index (χ0n) is 15.8. The second-order valence-corrected chi connectivity index (χ2v) is 7.24. The van der Waals surface area contributed by atoms with Crippen LogP contribution in [-0.2, 0) is 6.54 Å². The molecule has 1 aromatic heterocycles. The molecular weight excluding hydrogens is 399 g/mol. The molecule has 1 amide bonds. The number of hydrogen-bond donors (Lipinski definition) is 2. The third-order valence-electron chi connectivity index (χ3n) is 5.28. The number of nitrogens with one attached hydrogen (secondary N) is 2. The minimum Gasteiger partial charge on any atom is -0.347 e. The van der Waals surface area contributed by atoms with E-state index in [9.17, 15) is 4.79 Å². The van der Waals surface area contributed by atoms with Crippen LogP contribution < -0.4 is 10.6 Å². The van der Waals surface area contributed by atoms with Crippen molar-refractivity contribution in [3.63, 3.8) is 0 Å². The lowest BCUT2D eigenvalue weighted by Gasteiger charge is -2.22. The molecule has 154 valence electrons. The predicted octanol–water partition coefficient (Wildman–Crippen LogP) is 2.05. The monoisotopic (exact) mass is 426 g/mol. The number of carbonyl (C=O) groups excluding carboxylic acids is 1. The van der Waals surface area contributed by atoms with Crippen LogP contribution in [0.4, 0.5) is 0 Å². The van der Waals surface area contributed by atoms with E-state index >= 15 is 0 Å². The van der Waals surface area contributed by atoms with Gasteiger partial charge in [0.25, 0.3) is 5.91 Å². The van der Waals surface area contributed by atoms with Gasteiger partial charge in [-0.05, 0) is 37.9 Å². The van der Waals surface area contributed by atoms with Crippen LogP contribution in [0.15, 0.2) is 36.5 Å². The summed E-state index contributed by atoms with van der Waals surface area (Å²) in [6, 6.07) is 11.0. The zero-order valence-corrected chi connectivity index (χ0v) is 17.4. The molecule has 28 heavy (non-hydrogen) atoms. The minimum atomic E-state index is -0.114. The SMILES string of the molecule is Cl.Cl.O=C(NC1CCN(Cc2ccccc2)C1)c1cn(C2CCNCC2)nn1. The van der Waals surface area contributed by atoms with Crippen molar-refractivity contribution >= 4 is 30.7 Å². The van der Waals surface area contributed by atoms with Gasteiger partial charge in [-0.1, -0.05) is 35.5 Å². The molecule has 3 heterocycles. The molecule has 2 N–H and O–H groups in total. The zero-order chi connectivity index (χ0) is 17.8. The summed E-state index contributed by atoms with van der Waals surface area (Å²) in [4.78, 5) is 14.9. The Bertz CT molecular complexity index is 735. The van der Waals surface area contributed by atoms with Crippen molar-refractivity contribution in [3.8, 4) is 0 Å². The first-order valence-corrected chi connectivity index (χ1v) is 9.47. The fourth-order valence-corrected chi connectivity index (χ4v) is 3.83. The normalized spacial score (nSPS) is 20.2. The van der Waals surface area contributed by atoms with Crippen molar-refractivity contribution in [1.82, 2.24) is 30.5 Å². The van der Waals surface area contributed by atoms with Gasteiger partial charge in [-0.2, -0.15) is 0 Å². The fraction of sp³-hybridized carbons (Fsp3) is 0.526. The van der Waals surface area contributed by atoms with Crippen LogP contribution in [-0.4, -0.2) is 58.0 Å². The third-order valence-corrected chi connectivity index (χ3v) is 5.28. The Labute approximate surface area is 178 Å². The Hall–Kier alpha value is -1.67. The molecule has 1 unspecified atom stereocenters. The second-order valence-electron chi connectivity index (χ2n) is 7.24. The first kappa shape index (κ1) is 22.6. The van der Waals surface area contributed by atoms with Gasteiger partial charge in [0.05, 0.1) is 12.2 Å². The standard InChI is InChI=1S/C19H26N6O.2ClH/c26-19(18-14-25(23-22-18)17-6-9-20-10-7-17)21-16-8-11-24(13-16)12-15-4-2-1-3-5-15;;/h1-5,14,16-17,20H,6-13H2,(H,21,26);2*1H. The molecule has 2 aliphatic heterocycles. The van der Waals surface area contributed by atoms with Crippen LogP contribution in [0.5, 0.6) is 0 Å². The molecule has 2 fully saturated rings. The number of aromatic nitrogens is 3. The van der Waals surface area contributed by atoms with E-state index in [4.69, 9.17) is 0 Å². The Morgan fingerprint density at radius 2 is 1.89 bits per heavy atom. The highest BCUT2D eigenvalue weighted by Gasteiger charge is 2.25. The van der Waals surface area contributed by atoms with Gasteiger partial charge < -0.3 is 10.6 Å². The summed E-state index contributed by atoms with van der Waals surface area (Å²) >= 11 is 0. The summed E-state index contributed by atoms with van der Waals surface area (Å²) in [7, 11) is 0. The lowest BCUT2D eigenvalue weighted by Crippen LogP contribution is -2.37. The Kier molecular flexibility index (Phi) is 8.69. The van der Waals surface area contributed by atoms with Crippen molar-refractivity contribution in [1.29, 1.82) is 0 Å². The van der Waals surface area contributed by atoms with Gasteiger partial charge in [0.1, 0.15) is 0 Å². The molecule has 0 spiro atoms. The topological polar surface area (TPSA) is 75.1 Å². The second kappa shape index (κ2) is 10.8. The molecule has 0 bridgehead atoms. The predicted molar refractivity (Wildman–Crippen MR) is 113 cm³/mol. The number of benzene rings is 1. The average molecular weight is 427 g/mol. The highest BCUT2D eigenvalue weighted by molar-refractivity contribution is 5.92. The summed E-state index contributed by atoms with van der Waals surface area (Å²) in [5.41, 5.74) is 1.73. The number of carbonyl (C=O) groups is 1. The molecule has 4 rings (SSSR count). The van der Waals surface area contributed by atoms with Crippen LogP contribution in [0.1, 0.15) is 41.4 Å². The average Bonchev–Trinajstić information content (AvgIpc) is 3.33. The maximum Gasteiger partial charge on any atom is 0.273 e. The van der Waals surface area contributed by atoms with Crippen molar-refractivity contribution in [2.24, 2.45) is 0 Å². The minimum absolute atomic E-state index is 0. The van der Waals surface area contributed by atoms with E-state index in [1.54, 1.807) is 6.20 Å². The van der Waals surface area contributed by atoms with E-state index in [0.29, 0.717) is 11.7 Å². The number of rotatable bonds is 5. The number of hydrogen-bond acceptors (Lipinski definition) is 5. The number of amides is 1. The fourth-order valence-electron chi connectivity index (χ4n) is 3.83. The third kappa shape index (κ3) is 5.67. The van der Waals surface area contributed by atoms with Crippen molar-refractivity contribution in [3.05, 3.63) is 47.8 Å². The molecule has 0 aliphatic carbocycles. The van der Waals surface area contributed by atoms with E-state index in [-0.39, 0.29) is 36.8 Å². The van der Waals surface area contributed by atoms with Crippen LogP contribution >= 0.6 is 24.8 Å². The largest absolute Gasteiger partial charge is 0.347 e. The van der Waals surface area contributed by atoms with Gasteiger partial charge in [0, 0.05) is 25.7 Å². The molecule has 2 saturated heterocycles. The lowest BCUT2D eigenvalue weighted by atomic mass is 10.1. The van der Waals surface area contributed by atoms with Gasteiger partial charge in [0.15, 0.2) is 5.69 Å². The van der Waals surface area contributed by atoms with Gasteiger partial charge in [-0.15, -0.1) is 29.9 Å². The van der Waals surface area contributed by atoms with Gasteiger partial charge in [-0.25, -0.2) is 4.68 Å². The molecule has 2 aliphatic rings. The highest BCUT2D eigenvalue weighted by atomic mass is 35.5. The number of halogens is 2. The summed E-state index contributed by atoms with van der Waals surface area (Å²) in [6.45, 7) is 4.79. The van der Waals surface area contributed by atoms with Crippen LogP contribution in [0.2, 0.25) is 0 Å². The summed E-state index contributed by atoms with van der Waals surface area (Å²) in [6.07, 6.45) is 4.83. The van der Waals surface area contributed by atoms with Gasteiger partial charge >= 0.3 is 0 Å². The molecule has 0 saturated carbocycles. The summed E-state index contributed by atoms with van der Waals surface area (Å²) in [5, 5.41) is 14.7. The molecule has 1 aromatic carbocycles. The molecule has 7 nitrogen and oxygen atoms in total. The Morgan fingerprint density at radius 3 is 2.64 bits per heavy atom. The number of piperidine rings is 1. The Balaban J connectivity index is 0.00000140. The van der Waals surface area contributed by atoms with E-state index in [1.165, 1.54) is 5.56 Å². The van der Waals surface area contributed by atoms with E-state index in [1.807, 2.05) is 10.7 Å². The van der Waals surface area contributed by atoms with Gasteiger partial charge in [0.2, 0.25) is 0 Å². The Morgan fingerprint density at radius 1 is 1.14 bits per heavy atom. The summed E-state index contributed by atoms with van der Waals surface area (Å²) in [5.74, 6) is -0.114. The van der Waals surface area contributed by atoms with Crippen molar-refractivity contribution in [2.75, 3.05) is 26.2 Å². The quantitative estimate of drug-likeness (QED) is 0.764. The molecular formula is C19H28Cl2N6O. The van der Waals surface area contributed by atoms with Crippen LogP contribution in [0.3, 0.4) is 0 Å². The summed E-state index contributed by atoms with van der Waals surface area (Å²) < 4.78 is 1.85. The number of nitrogens with zero attached hydrogens (tertiary/aromatic N) is 4. The van der Waals surface area contributed by atoms with Crippen molar-refractivity contribution in [2.45, 2.75) is 37.9 Å². The lowest BCUT2D eigenvalue weighted by molar-refractivity contribution is 0.0932. The maximum atomic E-state index is 12.5. The molecule has 0 radical (unpaired) electrons. The highest BCUT2D eigenvalue weighted by Crippen LogP contribution is 2.17. The van der Waals surface area contributed by atoms with Crippen LogP contribution in [0, 0.1) is 0 Å². The van der Waals surface area contributed by atoms with E-state index in [0.717, 1.165) is 52.0 Å².